The Bertz CT molecular complexity index is 1390. The molecule has 0 aliphatic carbocycles. The van der Waals surface area contributed by atoms with Crippen molar-refractivity contribution in [3.05, 3.63) is 88.9 Å². The van der Waals surface area contributed by atoms with E-state index < -0.39 is 11.9 Å². The molecule has 3 aromatic carbocycles. The normalized spacial score (nSPS) is 17.0. The van der Waals surface area contributed by atoms with Gasteiger partial charge in [0.15, 0.2) is 0 Å². The molecule has 1 saturated heterocycles. The first-order valence-corrected chi connectivity index (χ1v) is 14.4. The quantitative estimate of drug-likeness (QED) is 0.379. The van der Waals surface area contributed by atoms with Gasteiger partial charge in [-0.3, -0.25) is 19.3 Å². The predicted octanol–water partition coefficient (Wildman–Crippen LogP) is 5.33. The van der Waals surface area contributed by atoms with Crippen molar-refractivity contribution in [1.82, 2.24) is 15.1 Å². The Morgan fingerprint density at radius 2 is 1.68 bits per heavy atom. The molecule has 41 heavy (non-hydrogen) atoms. The van der Waals surface area contributed by atoms with Crippen molar-refractivity contribution in [3.63, 3.8) is 0 Å². The average molecular weight is 575 g/mol. The summed E-state index contributed by atoms with van der Waals surface area (Å²) in [6.45, 7) is 6.21. The van der Waals surface area contributed by atoms with Gasteiger partial charge in [-0.25, -0.2) is 0 Å². The summed E-state index contributed by atoms with van der Waals surface area (Å²) in [5.41, 5.74) is 1.93. The van der Waals surface area contributed by atoms with Gasteiger partial charge in [0.05, 0.1) is 11.3 Å². The molecular formula is C32H35ClN4O4. The number of fused-ring (bicyclic) bond motifs is 1. The minimum absolute atomic E-state index is 0.0124. The molecule has 5 rings (SSSR count). The number of hydrogen-bond acceptors (Lipinski definition) is 5. The van der Waals surface area contributed by atoms with Crippen molar-refractivity contribution in [3.8, 4) is 11.5 Å². The number of ether oxygens (including phenoxy) is 1. The van der Waals surface area contributed by atoms with Crippen LogP contribution in [0, 0.1) is 5.92 Å². The Labute approximate surface area is 245 Å². The summed E-state index contributed by atoms with van der Waals surface area (Å²) in [7, 11) is 0. The van der Waals surface area contributed by atoms with Crippen molar-refractivity contribution < 1.29 is 19.1 Å². The molecule has 1 fully saturated rings. The number of anilines is 1. The zero-order valence-electron chi connectivity index (χ0n) is 23.3. The van der Waals surface area contributed by atoms with Gasteiger partial charge in [0.25, 0.3) is 5.91 Å². The number of nitrogens with one attached hydrogen (secondary N) is 2. The van der Waals surface area contributed by atoms with Gasteiger partial charge in [0.1, 0.15) is 24.1 Å². The second-order valence-corrected chi connectivity index (χ2v) is 11.4. The fourth-order valence-corrected chi connectivity index (χ4v) is 5.60. The Balaban J connectivity index is 1.28. The monoisotopic (exact) mass is 574 g/mol. The molecule has 0 aromatic heterocycles. The third-order valence-electron chi connectivity index (χ3n) is 7.54. The van der Waals surface area contributed by atoms with Gasteiger partial charge in [0.2, 0.25) is 11.8 Å². The molecule has 0 bridgehead atoms. The average Bonchev–Trinajstić information content (AvgIpc) is 3.07. The SMILES string of the molecule is CC(C)[C@H](C(=O)NC1CCN(Cc2ccccc2)CC1)N1CC(=O)Nc2ccc(Oc3ccc(Cl)cc3)cc2C1=O. The number of carbonyl (C=O) groups excluding carboxylic acids is 3. The van der Waals surface area contributed by atoms with Gasteiger partial charge in [-0.15, -0.1) is 0 Å². The van der Waals surface area contributed by atoms with Crippen molar-refractivity contribution in [1.29, 1.82) is 0 Å². The largest absolute Gasteiger partial charge is 0.457 e. The minimum Gasteiger partial charge on any atom is -0.457 e. The first-order valence-electron chi connectivity index (χ1n) is 14.0. The maximum absolute atomic E-state index is 13.9. The molecular weight excluding hydrogens is 540 g/mol. The molecule has 2 heterocycles. The third kappa shape index (κ3) is 7.07. The van der Waals surface area contributed by atoms with Crippen molar-refractivity contribution in [2.45, 2.75) is 45.3 Å². The topological polar surface area (TPSA) is 91.0 Å². The van der Waals surface area contributed by atoms with Crippen LogP contribution in [0.1, 0.15) is 42.6 Å². The Kier molecular flexibility index (Phi) is 8.90. The van der Waals surface area contributed by atoms with E-state index in [1.54, 1.807) is 42.5 Å². The van der Waals surface area contributed by atoms with E-state index in [9.17, 15) is 14.4 Å². The molecule has 0 radical (unpaired) electrons. The maximum atomic E-state index is 13.9. The number of piperidine rings is 1. The van der Waals surface area contributed by atoms with Gasteiger partial charge in [0, 0.05) is 30.7 Å². The molecule has 0 saturated carbocycles. The first kappa shape index (κ1) is 28.6. The number of carbonyl (C=O) groups is 3. The number of likely N-dealkylation sites (tertiary alicyclic amines) is 1. The van der Waals surface area contributed by atoms with E-state index in [1.807, 2.05) is 32.0 Å². The molecule has 8 nitrogen and oxygen atoms in total. The molecule has 0 spiro atoms. The van der Waals surface area contributed by atoms with Crippen LogP contribution in [0.3, 0.4) is 0 Å². The summed E-state index contributed by atoms with van der Waals surface area (Å²) >= 11 is 5.97. The highest BCUT2D eigenvalue weighted by molar-refractivity contribution is 6.30. The third-order valence-corrected chi connectivity index (χ3v) is 7.79. The second kappa shape index (κ2) is 12.7. The van der Waals surface area contributed by atoms with E-state index in [4.69, 9.17) is 16.3 Å². The molecule has 2 N–H and O–H groups in total. The second-order valence-electron chi connectivity index (χ2n) is 11.0. The first-order chi connectivity index (χ1) is 19.8. The molecule has 214 valence electrons. The summed E-state index contributed by atoms with van der Waals surface area (Å²) in [6, 6.07) is 21.4. The highest BCUT2D eigenvalue weighted by Crippen LogP contribution is 2.31. The van der Waals surface area contributed by atoms with E-state index >= 15 is 0 Å². The molecule has 0 unspecified atom stereocenters. The number of amides is 3. The van der Waals surface area contributed by atoms with Crippen LogP contribution in [0.15, 0.2) is 72.8 Å². The van der Waals surface area contributed by atoms with Gasteiger partial charge < -0.3 is 20.3 Å². The lowest BCUT2D eigenvalue weighted by atomic mass is 9.98. The van der Waals surface area contributed by atoms with Crippen LogP contribution in [0.25, 0.3) is 0 Å². The van der Waals surface area contributed by atoms with Crippen molar-refractivity contribution in [2.75, 3.05) is 25.0 Å². The maximum Gasteiger partial charge on any atom is 0.257 e. The Hall–Kier alpha value is -3.88. The van der Waals surface area contributed by atoms with Crippen LogP contribution < -0.4 is 15.4 Å². The number of nitrogens with zero attached hydrogens (tertiary/aromatic N) is 2. The van der Waals surface area contributed by atoms with Crippen LogP contribution in [-0.4, -0.2) is 59.2 Å². The highest BCUT2D eigenvalue weighted by Gasteiger charge is 2.38. The van der Waals surface area contributed by atoms with E-state index in [1.165, 1.54) is 10.5 Å². The van der Waals surface area contributed by atoms with Crippen LogP contribution >= 0.6 is 11.6 Å². The lowest BCUT2D eigenvalue weighted by molar-refractivity contribution is -0.129. The van der Waals surface area contributed by atoms with Gasteiger partial charge >= 0.3 is 0 Å². The molecule has 3 amide bonds. The molecule has 3 aromatic rings. The molecule has 2 aliphatic rings. The zero-order valence-corrected chi connectivity index (χ0v) is 24.1. The summed E-state index contributed by atoms with van der Waals surface area (Å²) in [5.74, 6) is -0.198. The van der Waals surface area contributed by atoms with Crippen molar-refractivity contribution in [2.24, 2.45) is 5.92 Å². The van der Waals surface area contributed by atoms with Crippen molar-refractivity contribution >= 4 is 35.0 Å². The lowest BCUT2D eigenvalue weighted by Crippen LogP contribution is -2.56. The predicted molar refractivity (Wildman–Crippen MR) is 159 cm³/mol. The van der Waals surface area contributed by atoms with Crippen LogP contribution in [0.2, 0.25) is 5.02 Å². The molecule has 2 aliphatic heterocycles. The fourth-order valence-electron chi connectivity index (χ4n) is 5.47. The number of rotatable bonds is 8. The van der Waals surface area contributed by atoms with Gasteiger partial charge in [-0.2, -0.15) is 0 Å². The van der Waals surface area contributed by atoms with E-state index in [2.05, 4.69) is 27.7 Å². The summed E-state index contributed by atoms with van der Waals surface area (Å²) in [5, 5.41) is 6.58. The van der Waals surface area contributed by atoms with E-state index in [0.29, 0.717) is 22.2 Å². The fraction of sp³-hybridized carbons (Fsp3) is 0.344. The van der Waals surface area contributed by atoms with Crippen LogP contribution in [0.5, 0.6) is 11.5 Å². The number of hydrogen-bond donors (Lipinski definition) is 2. The smallest absolute Gasteiger partial charge is 0.257 e. The molecule has 9 heteroatoms. The van der Waals surface area contributed by atoms with Gasteiger partial charge in [-0.1, -0.05) is 55.8 Å². The Morgan fingerprint density at radius 3 is 2.37 bits per heavy atom. The summed E-state index contributed by atoms with van der Waals surface area (Å²) in [4.78, 5) is 44.1. The Morgan fingerprint density at radius 1 is 1.00 bits per heavy atom. The van der Waals surface area contributed by atoms with E-state index in [0.717, 1.165) is 32.5 Å². The number of halogens is 1. The zero-order chi connectivity index (χ0) is 28.9. The highest BCUT2D eigenvalue weighted by atomic mass is 35.5. The van der Waals surface area contributed by atoms with E-state index in [-0.39, 0.29) is 35.9 Å². The molecule has 1 atom stereocenters. The summed E-state index contributed by atoms with van der Waals surface area (Å²) < 4.78 is 5.93. The van der Waals surface area contributed by atoms with Gasteiger partial charge in [-0.05, 0) is 66.8 Å². The van der Waals surface area contributed by atoms with Crippen LogP contribution in [0.4, 0.5) is 5.69 Å². The van der Waals surface area contributed by atoms with Crippen LogP contribution in [-0.2, 0) is 16.1 Å². The standard InChI is InChI=1S/C32H35ClN4O4/c1-21(2)30(31(39)34-24-14-16-36(17-15-24)19-22-6-4-3-5-7-22)37-20-29(38)35-28-13-12-26(18-27(28)32(37)40)41-25-10-8-23(33)9-11-25/h3-13,18,21,24,30H,14-17,19-20H2,1-2H3,(H,34,39)(H,35,38)/t30-/m1/s1. The minimum atomic E-state index is -0.803. The number of benzene rings is 3. The summed E-state index contributed by atoms with van der Waals surface area (Å²) in [6.07, 6.45) is 1.65. The lowest BCUT2D eigenvalue weighted by Gasteiger charge is -2.36.